The first-order valence-corrected chi connectivity index (χ1v) is 7.57. The summed E-state index contributed by atoms with van der Waals surface area (Å²) in [6.07, 6.45) is 4.30. The number of benzene rings is 1. The monoisotopic (exact) mass is 288 g/mol. The van der Waals surface area contributed by atoms with Crippen molar-refractivity contribution in [3.63, 3.8) is 0 Å². The highest BCUT2D eigenvalue weighted by Gasteiger charge is 2.37. The first-order valence-electron chi connectivity index (χ1n) is 7.57. The Morgan fingerprint density at radius 2 is 1.90 bits per heavy atom. The molecule has 1 atom stereocenters. The normalized spacial score (nSPS) is 21.8. The van der Waals surface area contributed by atoms with Gasteiger partial charge in [-0.15, -0.1) is 0 Å². The highest BCUT2D eigenvalue weighted by Crippen LogP contribution is 2.29. The molecule has 1 aromatic rings. The molecule has 2 heterocycles. The first-order chi connectivity index (χ1) is 10.2. The second-order valence-corrected chi connectivity index (χ2v) is 5.71. The maximum atomic E-state index is 12.8. The molecule has 112 valence electrons. The number of anilines is 1. The van der Waals surface area contributed by atoms with Crippen LogP contribution in [0.1, 0.15) is 31.2 Å². The molecule has 0 saturated carbocycles. The van der Waals surface area contributed by atoms with E-state index in [-0.39, 0.29) is 6.03 Å². The Hall–Kier alpha value is -2.04. The van der Waals surface area contributed by atoms with Crippen molar-refractivity contribution in [2.45, 2.75) is 38.1 Å². The number of likely N-dealkylation sites (tertiary alicyclic amines) is 1. The minimum atomic E-state index is -0.899. The summed E-state index contributed by atoms with van der Waals surface area (Å²) in [7, 11) is 0. The molecule has 0 aromatic heterocycles. The van der Waals surface area contributed by atoms with Gasteiger partial charge in [-0.2, -0.15) is 0 Å². The van der Waals surface area contributed by atoms with E-state index in [0.717, 1.165) is 31.4 Å². The fourth-order valence-electron chi connectivity index (χ4n) is 3.30. The third-order valence-electron chi connectivity index (χ3n) is 4.37. The molecule has 0 bridgehead atoms. The van der Waals surface area contributed by atoms with Gasteiger partial charge in [0.1, 0.15) is 6.04 Å². The summed E-state index contributed by atoms with van der Waals surface area (Å²) < 4.78 is 0. The number of aliphatic carboxylic acids is 1. The van der Waals surface area contributed by atoms with Gasteiger partial charge in [-0.25, -0.2) is 9.59 Å². The van der Waals surface area contributed by atoms with Crippen LogP contribution in [0.3, 0.4) is 0 Å². The van der Waals surface area contributed by atoms with E-state index in [1.54, 1.807) is 4.90 Å². The van der Waals surface area contributed by atoms with Gasteiger partial charge in [0, 0.05) is 18.8 Å². The quantitative estimate of drug-likeness (QED) is 0.863. The predicted octanol–water partition coefficient (Wildman–Crippen LogP) is 2.50. The molecule has 1 saturated heterocycles. The number of fused-ring (bicyclic) bond motifs is 1. The number of urea groups is 1. The van der Waals surface area contributed by atoms with E-state index >= 15 is 0 Å². The second kappa shape index (κ2) is 5.76. The van der Waals surface area contributed by atoms with Gasteiger partial charge in [-0.1, -0.05) is 18.2 Å². The van der Waals surface area contributed by atoms with Crippen molar-refractivity contribution < 1.29 is 14.7 Å². The van der Waals surface area contributed by atoms with Gasteiger partial charge in [0.2, 0.25) is 0 Å². The fraction of sp³-hybridized carbons (Fsp3) is 0.500. The van der Waals surface area contributed by atoms with Crippen LogP contribution in [-0.2, 0) is 11.2 Å². The maximum Gasteiger partial charge on any atom is 0.326 e. The van der Waals surface area contributed by atoms with Gasteiger partial charge in [-0.05, 0) is 43.7 Å². The zero-order chi connectivity index (χ0) is 14.8. The van der Waals surface area contributed by atoms with Crippen molar-refractivity contribution in [1.82, 2.24) is 4.90 Å². The van der Waals surface area contributed by atoms with Crippen LogP contribution in [0.25, 0.3) is 0 Å². The van der Waals surface area contributed by atoms with Crippen molar-refractivity contribution >= 4 is 17.7 Å². The molecule has 2 aliphatic heterocycles. The van der Waals surface area contributed by atoms with Gasteiger partial charge in [0.25, 0.3) is 0 Å². The van der Waals surface area contributed by atoms with E-state index in [1.165, 1.54) is 10.5 Å². The number of carbonyl (C=O) groups is 2. The lowest BCUT2D eigenvalue weighted by atomic mass is 10.1. The molecule has 1 aromatic carbocycles. The summed E-state index contributed by atoms with van der Waals surface area (Å²) >= 11 is 0. The lowest BCUT2D eigenvalue weighted by Crippen LogP contribution is -2.48. The Morgan fingerprint density at radius 3 is 2.71 bits per heavy atom. The SMILES string of the molecule is O=C(O)[C@H]1CCCN1C(=O)N1CCCCc2ccccc21. The Balaban J connectivity index is 1.89. The summed E-state index contributed by atoms with van der Waals surface area (Å²) in [5.74, 6) is -0.899. The van der Waals surface area contributed by atoms with E-state index in [0.29, 0.717) is 19.5 Å². The molecule has 2 amide bonds. The molecular weight excluding hydrogens is 268 g/mol. The van der Waals surface area contributed by atoms with Gasteiger partial charge < -0.3 is 10.0 Å². The van der Waals surface area contributed by atoms with Crippen molar-refractivity contribution in [2.24, 2.45) is 0 Å². The molecule has 0 aliphatic carbocycles. The number of carboxylic acid groups (broad SMARTS) is 1. The fourth-order valence-corrected chi connectivity index (χ4v) is 3.30. The number of aryl methyl sites for hydroxylation is 1. The Morgan fingerprint density at radius 1 is 1.10 bits per heavy atom. The van der Waals surface area contributed by atoms with Crippen molar-refractivity contribution in [3.05, 3.63) is 29.8 Å². The number of carboxylic acids is 1. The van der Waals surface area contributed by atoms with Gasteiger partial charge in [-0.3, -0.25) is 4.90 Å². The molecule has 1 N–H and O–H groups in total. The minimum absolute atomic E-state index is 0.158. The zero-order valence-corrected chi connectivity index (χ0v) is 12.0. The van der Waals surface area contributed by atoms with Crippen molar-refractivity contribution in [1.29, 1.82) is 0 Å². The molecule has 2 aliphatic rings. The number of nitrogens with zero attached hydrogens (tertiary/aromatic N) is 2. The van der Waals surface area contributed by atoms with E-state index < -0.39 is 12.0 Å². The van der Waals surface area contributed by atoms with Crippen LogP contribution in [0.15, 0.2) is 24.3 Å². The molecule has 5 nitrogen and oxygen atoms in total. The molecule has 21 heavy (non-hydrogen) atoms. The number of rotatable bonds is 1. The third kappa shape index (κ3) is 2.60. The topological polar surface area (TPSA) is 60.9 Å². The van der Waals surface area contributed by atoms with Crippen LogP contribution >= 0.6 is 0 Å². The van der Waals surface area contributed by atoms with Crippen molar-refractivity contribution in [2.75, 3.05) is 18.0 Å². The molecule has 5 heteroatoms. The van der Waals surface area contributed by atoms with Crippen LogP contribution in [0.2, 0.25) is 0 Å². The minimum Gasteiger partial charge on any atom is -0.480 e. The average Bonchev–Trinajstić information content (AvgIpc) is 2.88. The lowest BCUT2D eigenvalue weighted by Gasteiger charge is -2.30. The van der Waals surface area contributed by atoms with Crippen LogP contribution in [0, 0.1) is 0 Å². The number of hydrogen-bond acceptors (Lipinski definition) is 2. The van der Waals surface area contributed by atoms with Crippen LogP contribution < -0.4 is 4.90 Å². The molecule has 1 fully saturated rings. The summed E-state index contributed by atoms with van der Waals surface area (Å²) in [6, 6.07) is 7.11. The van der Waals surface area contributed by atoms with E-state index in [1.807, 2.05) is 18.2 Å². The predicted molar refractivity (Wildman–Crippen MR) is 79.5 cm³/mol. The van der Waals surface area contributed by atoms with E-state index in [9.17, 15) is 14.7 Å². The Bertz CT molecular complexity index is 558. The highest BCUT2D eigenvalue weighted by molar-refractivity contribution is 5.95. The molecule has 3 rings (SSSR count). The van der Waals surface area contributed by atoms with Crippen LogP contribution in [0.4, 0.5) is 10.5 Å². The van der Waals surface area contributed by atoms with E-state index in [2.05, 4.69) is 6.07 Å². The van der Waals surface area contributed by atoms with Gasteiger partial charge in [0.05, 0.1) is 0 Å². The van der Waals surface area contributed by atoms with Crippen LogP contribution in [0.5, 0.6) is 0 Å². The summed E-state index contributed by atoms with van der Waals surface area (Å²) in [5, 5.41) is 9.27. The molecule has 0 spiro atoms. The average molecular weight is 288 g/mol. The number of carbonyl (C=O) groups excluding carboxylic acids is 1. The Kier molecular flexibility index (Phi) is 3.82. The molecule has 0 radical (unpaired) electrons. The number of para-hydroxylation sites is 1. The zero-order valence-electron chi connectivity index (χ0n) is 12.0. The third-order valence-corrected chi connectivity index (χ3v) is 4.37. The number of hydrogen-bond donors (Lipinski definition) is 1. The lowest BCUT2D eigenvalue weighted by molar-refractivity contribution is -0.141. The maximum absolute atomic E-state index is 12.8. The second-order valence-electron chi connectivity index (χ2n) is 5.71. The summed E-state index contributed by atoms with van der Waals surface area (Å²) in [5.41, 5.74) is 2.12. The van der Waals surface area contributed by atoms with Gasteiger partial charge in [0.15, 0.2) is 0 Å². The number of amides is 2. The van der Waals surface area contributed by atoms with Crippen LogP contribution in [-0.4, -0.2) is 41.1 Å². The first kappa shape index (κ1) is 13.9. The smallest absolute Gasteiger partial charge is 0.326 e. The van der Waals surface area contributed by atoms with E-state index in [4.69, 9.17) is 0 Å². The summed E-state index contributed by atoms with van der Waals surface area (Å²) in [6.45, 7) is 1.20. The molecular formula is C16H20N2O3. The highest BCUT2D eigenvalue weighted by atomic mass is 16.4. The van der Waals surface area contributed by atoms with Gasteiger partial charge >= 0.3 is 12.0 Å². The summed E-state index contributed by atoms with van der Waals surface area (Å²) in [4.78, 5) is 27.4. The van der Waals surface area contributed by atoms with Crippen molar-refractivity contribution in [3.8, 4) is 0 Å². The Labute approximate surface area is 124 Å². The largest absolute Gasteiger partial charge is 0.480 e. The molecule has 0 unspecified atom stereocenters. The standard InChI is InChI=1S/C16H20N2O3/c19-15(20)14-9-5-11-18(14)16(21)17-10-4-3-7-12-6-1-2-8-13(12)17/h1-2,6,8,14H,3-5,7,9-11H2,(H,19,20)/t14-/m1/s1.